The Morgan fingerprint density at radius 1 is 1.38 bits per heavy atom. The second-order valence-electron chi connectivity index (χ2n) is 7.08. The summed E-state index contributed by atoms with van der Waals surface area (Å²) in [5, 5.41) is 0. The van der Waals surface area contributed by atoms with Gasteiger partial charge >= 0.3 is 12.3 Å². The van der Waals surface area contributed by atoms with Crippen LogP contribution in [0.5, 0.6) is 0 Å². The molecule has 1 aliphatic heterocycles. The lowest BCUT2D eigenvalue weighted by atomic mass is 9.99. The van der Waals surface area contributed by atoms with Gasteiger partial charge in [-0.1, -0.05) is 6.07 Å². The van der Waals surface area contributed by atoms with Crippen molar-refractivity contribution >= 4 is 6.09 Å². The van der Waals surface area contributed by atoms with Gasteiger partial charge in [-0.05, 0) is 57.0 Å². The molecule has 8 heteroatoms. The quantitative estimate of drug-likeness (QED) is 0.747. The van der Waals surface area contributed by atoms with Gasteiger partial charge in [0.1, 0.15) is 5.82 Å². The van der Waals surface area contributed by atoms with Crippen LogP contribution in [-0.2, 0) is 16.5 Å². The van der Waals surface area contributed by atoms with Crippen LogP contribution in [0.3, 0.4) is 0 Å². The molecule has 144 valence electrons. The molecule has 1 heterocycles. The molecule has 2 fully saturated rings. The molecule has 1 amide bonds. The lowest BCUT2D eigenvalue weighted by molar-refractivity contribution is -0.140. The summed E-state index contributed by atoms with van der Waals surface area (Å²) in [6.07, 6.45) is -2.36. The summed E-state index contributed by atoms with van der Waals surface area (Å²) in [5.41, 5.74) is -1.86. The van der Waals surface area contributed by atoms with Crippen LogP contribution in [0, 0.1) is 5.82 Å². The average Bonchev–Trinajstić information content (AvgIpc) is 3.28. The monoisotopic (exact) mass is 374 g/mol. The van der Waals surface area contributed by atoms with Crippen LogP contribution in [0.1, 0.15) is 36.8 Å². The highest BCUT2D eigenvalue weighted by atomic mass is 19.4. The molecule has 1 saturated heterocycles. The summed E-state index contributed by atoms with van der Waals surface area (Å²) < 4.78 is 57.8. The molecule has 26 heavy (non-hydrogen) atoms. The van der Waals surface area contributed by atoms with E-state index in [1.165, 1.54) is 18.1 Å². The number of hydrogen-bond acceptors (Lipinski definition) is 3. The van der Waals surface area contributed by atoms with Crippen LogP contribution < -0.4 is 0 Å². The third kappa shape index (κ3) is 3.39. The van der Waals surface area contributed by atoms with Gasteiger partial charge in [0.05, 0.1) is 18.2 Å². The first-order valence-corrected chi connectivity index (χ1v) is 8.62. The fraction of sp³-hybridized carbons (Fsp3) is 0.611. The van der Waals surface area contributed by atoms with E-state index in [2.05, 4.69) is 4.90 Å². The van der Waals surface area contributed by atoms with E-state index in [-0.39, 0.29) is 6.04 Å². The molecule has 2 aliphatic rings. The maximum Gasteiger partial charge on any atom is 0.419 e. The molecule has 1 atom stereocenters. The van der Waals surface area contributed by atoms with Crippen molar-refractivity contribution in [3.8, 4) is 0 Å². The zero-order chi connectivity index (χ0) is 19.1. The van der Waals surface area contributed by atoms with Crippen LogP contribution in [0.2, 0.25) is 0 Å². The zero-order valence-corrected chi connectivity index (χ0v) is 14.8. The second-order valence-corrected chi connectivity index (χ2v) is 7.08. The Morgan fingerprint density at radius 3 is 2.58 bits per heavy atom. The number of ether oxygens (including phenoxy) is 1. The summed E-state index contributed by atoms with van der Waals surface area (Å²) in [6, 6.07) is 3.13. The molecule has 0 spiro atoms. The fourth-order valence-corrected chi connectivity index (χ4v) is 3.82. The summed E-state index contributed by atoms with van der Waals surface area (Å²) in [7, 11) is 3.22. The topological polar surface area (TPSA) is 32.8 Å². The van der Waals surface area contributed by atoms with Crippen LogP contribution in [-0.4, -0.2) is 49.2 Å². The summed E-state index contributed by atoms with van der Waals surface area (Å²) >= 11 is 0. The van der Waals surface area contributed by atoms with E-state index in [9.17, 15) is 22.4 Å². The van der Waals surface area contributed by atoms with Gasteiger partial charge in [0.15, 0.2) is 0 Å². The number of carbonyl (C=O) groups excluding carboxylic acids is 1. The van der Waals surface area contributed by atoms with E-state index in [0.717, 1.165) is 31.5 Å². The van der Waals surface area contributed by atoms with Crippen molar-refractivity contribution in [2.45, 2.75) is 43.4 Å². The lowest BCUT2D eigenvalue weighted by Crippen LogP contribution is -2.47. The number of amides is 1. The van der Waals surface area contributed by atoms with Crippen molar-refractivity contribution in [1.29, 1.82) is 0 Å². The van der Waals surface area contributed by atoms with Crippen molar-refractivity contribution < 1.29 is 27.1 Å². The molecular weight excluding hydrogens is 352 g/mol. The highest BCUT2D eigenvalue weighted by Crippen LogP contribution is 2.52. The minimum absolute atomic E-state index is 0.133. The number of likely N-dealkylation sites (N-methyl/N-ethyl adjacent to an activating group) is 1. The van der Waals surface area contributed by atoms with Gasteiger partial charge < -0.3 is 9.64 Å². The van der Waals surface area contributed by atoms with Crippen LogP contribution in [0.15, 0.2) is 18.2 Å². The highest BCUT2D eigenvalue weighted by molar-refractivity contribution is 5.70. The molecule has 4 nitrogen and oxygen atoms in total. The van der Waals surface area contributed by atoms with E-state index in [1.54, 1.807) is 0 Å². The zero-order valence-electron chi connectivity index (χ0n) is 14.8. The van der Waals surface area contributed by atoms with Crippen LogP contribution >= 0.6 is 0 Å². The van der Waals surface area contributed by atoms with Gasteiger partial charge in [-0.3, -0.25) is 4.90 Å². The molecular formula is C18H22F4N2O2. The minimum atomic E-state index is -4.78. The Bertz CT molecular complexity index is 688. The highest BCUT2D eigenvalue weighted by Gasteiger charge is 2.53. The van der Waals surface area contributed by atoms with E-state index >= 15 is 0 Å². The first-order valence-electron chi connectivity index (χ1n) is 8.62. The summed E-state index contributed by atoms with van der Waals surface area (Å²) in [4.78, 5) is 16.1. The molecule has 1 aromatic carbocycles. The third-order valence-corrected chi connectivity index (χ3v) is 5.51. The Balaban J connectivity index is 1.95. The normalized spacial score (nSPS) is 22.3. The number of carbonyl (C=O) groups is 1. The van der Waals surface area contributed by atoms with Gasteiger partial charge in [0.25, 0.3) is 0 Å². The molecule has 0 aromatic heterocycles. The number of alkyl halides is 3. The number of hydrogen-bond donors (Lipinski definition) is 0. The van der Waals surface area contributed by atoms with Crippen molar-refractivity contribution in [3.05, 3.63) is 35.1 Å². The van der Waals surface area contributed by atoms with E-state index in [0.29, 0.717) is 24.9 Å². The molecule has 3 rings (SSSR count). The van der Waals surface area contributed by atoms with Crippen molar-refractivity contribution in [3.63, 3.8) is 0 Å². The van der Waals surface area contributed by atoms with Crippen LogP contribution in [0.25, 0.3) is 0 Å². The minimum Gasteiger partial charge on any atom is -0.453 e. The van der Waals surface area contributed by atoms with Gasteiger partial charge in [-0.2, -0.15) is 13.2 Å². The number of rotatable bonds is 4. The Kier molecular flexibility index (Phi) is 4.90. The summed E-state index contributed by atoms with van der Waals surface area (Å²) in [5.74, 6) is -1.31. The van der Waals surface area contributed by atoms with Gasteiger partial charge in [-0.15, -0.1) is 0 Å². The fourth-order valence-electron chi connectivity index (χ4n) is 3.82. The maximum absolute atomic E-state index is 13.6. The first kappa shape index (κ1) is 18.9. The predicted molar refractivity (Wildman–Crippen MR) is 87.1 cm³/mol. The molecule has 0 unspecified atom stereocenters. The van der Waals surface area contributed by atoms with Crippen molar-refractivity contribution in [1.82, 2.24) is 9.80 Å². The Morgan fingerprint density at radius 2 is 2.08 bits per heavy atom. The smallest absolute Gasteiger partial charge is 0.419 e. The van der Waals surface area contributed by atoms with Gasteiger partial charge in [0, 0.05) is 12.6 Å². The van der Waals surface area contributed by atoms with E-state index in [1.807, 2.05) is 7.05 Å². The molecule has 0 radical (unpaired) electrons. The molecule has 0 bridgehead atoms. The van der Waals surface area contributed by atoms with Crippen LogP contribution in [0.4, 0.5) is 22.4 Å². The third-order valence-electron chi connectivity index (χ3n) is 5.51. The largest absolute Gasteiger partial charge is 0.453 e. The predicted octanol–water partition coefficient (Wildman–Crippen LogP) is 4.00. The first-order chi connectivity index (χ1) is 12.2. The summed E-state index contributed by atoms with van der Waals surface area (Å²) in [6.45, 7) is 1.29. The Hall–Kier alpha value is -1.83. The van der Waals surface area contributed by atoms with Crippen molar-refractivity contribution in [2.75, 3.05) is 27.2 Å². The van der Waals surface area contributed by atoms with Gasteiger partial charge in [-0.25, -0.2) is 9.18 Å². The number of nitrogens with zero attached hydrogens (tertiary/aromatic N) is 2. The Labute approximate surface area is 149 Å². The molecule has 1 aromatic rings. The average molecular weight is 374 g/mol. The SMILES string of the molecule is COC(=O)N(C[C@H]1CCCN1C)C1(c2ccc(F)c(C(F)(F)F)c2)CC1. The van der Waals surface area contributed by atoms with E-state index in [4.69, 9.17) is 4.74 Å². The molecule has 1 saturated carbocycles. The number of halogens is 4. The molecule has 1 aliphatic carbocycles. The molecule has 0 N–H and O–H groups in total. The number of methoxy groups -OCH3 is 1. The van der Waals surface area contributed by atoms with E-state index < -0.39 is 29.2 Å². The van der Waals surface area contributed by atoms with Crippen molar-refractivity contribution in [2.24, 2.45) is 0 Å². The second kappa shape index (κ2) is 6.72. The maximum atomic E-state index is 13.6. The number of likely N-dealkylation sites (tertiary alicyclic amines) is 1. The lowest BCUT2D eigenvalue weighted by Gasteiger charge is -2.35. The number of benzene rings is 1. The van der Waals surface area contributed by atoms with Gasteiger partial charge in [0.2, 0.25) is 0 Å². The standard InChI is InChI=1S/C18H22F4N2O2/c1-23-9-3-4-13(23)11-24(16(25)26-2)17(7-8-17)12-5-6-15(19)14(10-12)18(20,21)22/h5-6,10,13H,3-4,7-9,11H2,1-2H3/t13-/m1/s1.